The summed E-state index contributed by atoms with van der Waals surface area (Å²) in [5.74, 6) is 2.17. The zero-order valence-electron chi connectivity index (χ0n) is 12.5. The van der Waals surface area contributed by atoms with Crippen molar-refractivity contribution in [1.82, 2.24) is 5.32 Å². The van der Waals surface area contributed by atoms with Crippen LogP contribution in [0.3, 0.4) is 0 Å². The molecular weight excluding hydrogens is 236 g/mol. The molecule has 3 heteroatoms. The fourth-order valence-corrected chi connectivity index (χ4v) is 3.81. The molecule has 110 valence electrons. The van der Waals surface area contributed by atoms with Crippen LogP contribution in [0.2, 0.25) is 0 Å². The Morgan fingerprint density at radius 2 is 1.74 bits per heavy atom. The molecule has 0 aromatic carbocycles. The second-order valence-corrected chi connectivity index (χ2v) is 6.86. The number of carbonyl (C=O) groups is 1. The maximum Gasteiger partial charge on any atom is 0.224 e. The molecule has 2 saturated carbocycles. The third-order valence-electron chi connectivity index (χ3n) is 5.46. The van der Waals surface area contributed by atoms with Crippen molar-refractivity contribution in [3.8, 4) is 0 Å². The summed E-state index contributed by atoms with van der Waals surface area (Å²) in [6, 6.07) is 0.0533. The largest absolute Gasteiger partial charge is 0.356 e. The van der Waals surface area contributed by atoms with Crippen LogP contribution in [0.1, 0.15) is 58.8 Å². The molecule has 1 amide bonds. The summed E-state index contributed by atoms with van der Waals surface area (Å²) in [6.45, 7) is 5.36. The molecule has 0 heterocycles. The summed E-state index contributed by atoms with van der Waals surface area (Å²) >= 11 is 0. The molecule has 2 aliphatic rings. The Balaban J connectivity index is 1.80. The third-order valence-corrected chi connectivity index (χ3v) is 5.46. The molecule has 0 aliphatic heterocycles. The molecule has 0 bridgehead atoms. The van der Waals surface area contributed by atoms with Crippen LogP contribution >= 0.6 is 0 Å². The van der Waals surface area contributed by atoms with Gasteiger partial charge in [0.15, 0.2) is 0 Å². The average Bonchev–Trinajstić information content (AvgIpc) is 2.40. The van der Waals surface area contributed by atoms with Gasteiger partial charge in [0, 0.05) is 12.6 Å². The first-order valence-corrected chi connectivity index (χ1v) is 8.13. The normalized spacial score (nSPS) is 39.8. The number of amides is 1. The molecule has 19 heavy (non-hydrogen) atoms. The lowest BCUT2D eigenvalue weighted by atomic mass is 9.77. The SMILES string of the molecule is CC1CCCCC1CNC(=O)C1CCCC(C)C1N. The van der Waals surface area contributed by atoms with Crippen LogP contribution in [0, 0.1) is 23.7 Å². The fourth-order valence-electron chi connectivity index (χ4n) is 3.81. The van der Waals surface area contributed by atoms with E-state index in [2.05, 4.69) is 19.2 Å². The van der Waals surface area contributed by atoms with Gasteiger partial charge in [0.05, 0.1) is 5.92 Å². The van der Waals surface area contributed by atoms with E-state index in [0.717, 1.165) is 25.3 Å². The number of rotatable bonds is 3. The van der Waals surface area contributed by atoms with Gasteiger partial charge in [-0.25, -0.2) is 0 Å². The van der Waals surface area contributed by atoms with Crippen molar-refractivity contribution in [1.29, 1.82) is 0 Å². The second kappa shape index (κ2) is 6.74. The number of nitrogens with one attached hydrogen (secondary N) is 1. The van der Waals surface area contributed by atoms with Crippen LogP contribution < -0.4 is 11.1 Å². The van der Waals surface area contributed by atoms with E-state index in [1.54, 1.807) is 0 Å². The highest BCUT2D eigenvalue weighted by molar-refractivity contribution is 5.79. The number of hydrogen-bond acceptors (Lipinski definition) is 2. The Kier molecular flexibility index (Phi) is 5.26. The van der Waals surface area contributed by atoms with Gasteiger partial charge in [0.1, 0.15) is 0 Å². The predicted octanol–water partition coefficient (Wildman–Crippen LogP) is 2.69. The Labute approximate surface area is 117 Å². The minimum Gasteiger partial charge on any atom is -0.356 e. The van der Waals surface area contributed by atoms with Gasteiger partial charge >= 0.3 is 0 Å². The van der Waals surface area contributed by atoms with Crippen LogP contribution in [0.15, 0.2) is 0 Å². The molecule has 3 N–H and O–H groups in total. The van der Waals surface area contributed by atoms with Crippen molar-refractivity contribution < 1.29 is 4.79 Å². The van der Waals surface area contributed by atoms with Crippen molar-refractivity contribution in [3.63, 3.8) is 0 Å². The number of carbonyl (C=O) groups excluding carboxylic acids is 1. The van der Waals surface area contributed by atoms with Gasteiger partial charge in [-0.05, 0) is 37.0 Å². The molecule has 5 atom stereocenters. The molecule has 3 nitrogen and oxygen atoms in total. The van der Waals surface area contributed by atoms with E-state index in [-0.39, 0.29) is 17.9 Å². The van der Waals surface area contributed by atoms with Gasteiger partial charge < -0.3 is 11.1 Å². The van der Waals surface area contributed by atoms with Crippen LogP contribution in [0.5, 0.6) is 0 Å². The molecule has 2 fully saturated rings. The van der Waals surface area contributed by atoms with E-state index in [1.165, 1.54) is 32.1 Å². The highest BCUT2D eigenvalue weighted by atomic mass is 16.1. The minimum absolute atomic E-state index is 0.0441. The fraction of sp³-hybridized carbons (Fsp3) is 0.938. The smallest absolute Gasteiger partial charge is 0.224 e. The highest BCUT2D eigenvalue weighted by Crippen LogP contribution is 2.30. The summed E-state index contributed by atoms with van der Waals surface area (Å²) in [5, 5.41) is 3.18. The summed E-state index contributed by atoms with van der Waals surface area (Å²) in [4.78, 5) is 12.3. The zero-order chi connectivity index (χ0) is 13.8. The topological polar surface area (TPSA) is 55.1 Å². The van der Waals surface area contributed by atoms with Gasteiger partial charge in [-0.3, -0.25) is 4.79 Å². The molecular formula is C16H30N2O. The van der Waals surface area contributed by atoms with Gasteiger partial charge in [0.2, 0.25) is 5.91 Å². The van der Waals surface area contributed by atoms with Crippen molar-refractivity contribution in [2.45, 2.75) is 64.8 Å². The average molecular weight is 266 g/mol. The number of nitrogens with two attached hydrogens (primary N) is 1. The lowest BCUT2D eigenvalue weighted by Crippen LogP contribution is -2.48. The monoisotopic (exact) mass is 266 g/mol. The first-order valence-electron chi connectivity index (χ1n) is 8.13. The van der Waals surface area contributed by atoms with Gasteiger partial charge in [-0.2, -0.15) is 0 Å². The maximum absolute atomic E-state index is 12.3. The van der Waals surface area contributed by atoms with E-state index in [0.29, 0.717) is 11.8 Å². The zero-order valence-corrected chi connectivity index (χ0v) is 12.5. The Hall–Kier alpha value is -0.570. The predicted molar refractivity (Wildman–Crippen MR) is 78.6 cm³/mol. The van der Waals surface area contributed by atoms with Crippen molar-refractivity contribution in [2.24, 2.45) is 29.4 Å². The van der Waals surface area contributed by atoms with Crippen LogP contribution in [0.4, 0.5) is 0 Å². The van der Waals surface area contributed by atoms with Gasteiger partial charge in [-0.15, -0.1) is 0 Å². The molecule has 0 spiro atoms. The Bertz CT molecular complexity index is 305. The second-order valence-electron chi connectivity index (χ2n) is 6.86. The highest BCUT2D eigenvalue weighted by Gasteiger charge is 2.33. The molecule has 0 radical (unpaired) electrons. The standard InChI is InChI=1S/C16H30N2O/c1-11-6-3-4-8-13(11)10-18-16(19)14-9-5-7-12(2)15(14)17/h11-15H,3-10,17H2,1-2H3,(H,18,19). The van der Waals surface area contributed by atoms with Crippen molar-refractivity contribution in [2.75, 3.05) is 6.54 Å². The lowest BCUT2D eigenvalue weighted by Gasteiger charge is -2.34. The van der Waals surface area contributed by atoms with E-state index in [4.69, 9.17) is 5.73 Å². The lowest BCUT2D eigenvalue weighted by molar-refractivity contribution is -0.127. The van der Waals surface area contributed by atoms with E-state index in [9.17, 15) is 4.79 Å². The minimum atomic E-state index is 0.0441. The summed E-state index contributed by atoms with van der Waals surface area (Å²) in [6.07, 6.45) is 8.56. The Morgan fingerprint density at radius 3 is 2.47 bits per heavy atom. The van der Waals surface area contributed by atoms with Gasteiger partial charge in [-0.1, -0.05) is 39.5 Å². The molecule has 0 aromatic heterocycles. The quantitative estimate of drug-likeness (QED) is 0.825. The summed E-state index contributed by atoms with van der Waals surface area (Å²) < 4.78 is 0. The van der Waals surface area contributed by atoms with E-state index >= 15 is 0 Å². The first-order chi connectivity index (χ1) is 9.09. The summed E-state index contributed by atoms with van der Waals surface area (Å²) in [7, 11) is 0. The van der Waals surface area contributed by atoms with Crippen molar-refractivity contribution >= 4 is 5.91 Å². The molecule has 2 rings (SSSR count). The van der Waals surface area contributed by atoms with Crippen molar-refractivity contribution in [3.05, 3.63) is 0 Å². The molecule has 2 aliphatic carbocycles. The maximum atomic E-state index is 12.3. The van der Waals surface area contributed by atoms with Crippen LogP contribution in [-0.2, 0) is 4.79 Å². The first kappa shape index (κ1) is 14.8. The molecule has 0 saturated heterocycles. The van der Waals surface area contributed by atoms with E-state index in [1.807, 2.05) is 0 Å². The molecule has 5 unspecified atom stereocenters. The van der Waals surface area contributed by atoms with E-state index < -0.39 is 0 Å². The summed E-state index contributed by atoms with van der Waals surface area (Å²) in [5.41, 5.74) is 6.20. The third kappa shape index (κ3) is 3.71. The molecule has 0 aromatic rings. The van der Waals surface area contributed by atoms with Crippen LogP contribution in [-0.4, -0.2) is 18.5 Å². The van der Waals surface area contributed by atoms with Gasteiger partial charge in [0.25, 0.3) is 0 Å². The number of hydrogen-bond donors (Lipinski definition) is 2. The van der Waals surface area contributed by atoms with Crippen LogP contribution in [0.25, 0.3) is 0 Å². The Morgan fingerprint density at radius 1 is 1.05 bits per heavy atom.